The second-order valence-corrected chi connectivity index (χ2v) is 20.5. The highest BCUT2D eigenvalue weighted by molar-refractivity contribution is 7.93. The Hall–Kier alpha value is -5.27. The van der Waals surface area contributed by atoms with Gasteiger partial charge >= 0.3 is 0 Å². The van der Waals surface area contributed by atoms with Gasteiger partial charge in [-0.05, 0) is 139 Å². The summed E-state index contributed by atoms with van der Waals surface area (Å²) >= 11 is 0.146. The van der Waals surface area contributed by atoms with Gasteiger partial charge < -0.3 is 25.2 Å². The van der Waals surface area contributed by atoms with Crippen LogP contribution in [0, 0.1) is 30.1 Å². The number of carbonyl (C=O) groups is 2. The molecule has 2 aromatic heterocycles. The van der Waals surface area contributed by atoms with Crippen molar-refractivity contribution in [3.8, 4) is 17.2 Å². The first kappa shape index (κ1) is 51.1. The normalized spacial score (nSPS) is 20.2. The molecular weight excluding hydrogens is 900 g/mol. The standard InChI is InChI=1S/C55H73FN10O3S/c1-7-8-50(54(67)58-5)60-46-14-16-51(45(32-46)34-57)64-29-27-62(28-30-64)35-40-18-23-65(24-19-40)55(68)43-11-9-41(10-12-43)42-20-25-63(26-21-42)39(4)37(2)31-48-38(3)59-22-17-47(48)44-13-15-49-52(33-44)66(70-56)53(61-49)36-69-6/h9,11,13,15,17,22,31-33,39-40,42,50,60H,7-8,10,12,14,16,18-21,23-30,35-36H2,1-6H3,(H,58,67)/b37-31+. The van der Waals surface area contributed by atoms with Crippen molar-refractivity contribution in [3.63, 3.8) is 0 Å². The minimum atomic E-state index is -0.280. The number of aryl methyl sites for hydroxylation is 1. The molecule has 8 rings (SSSR count). The van der Waals surface area contributed by atoms with Crippen LogP contribution in [0.1, 0.15) is 102 Å². The van der Waals surface area contributed by atoms with Crippen molar-refractivity contribution in [2.24, 2.45) is 11.8 Å². The van der Waals surface area contributed by atoms with Gasteiger partial charge in [0, 0.05) is 100 Å². The third-order valence-corrected chi connectivity index (χ3v) is 16.2. The van der Waals surface area contributed by atoms with Gasteiger partial charge in [0.15, 0.2) is 12.3 Å². The average molecular weight is 973 g/mol. The van der Waals surface area contributed by atoms with Crippen LogP contribution in [-0.4, -0.2) is 130 Å². The third kappa shape index (κ3) is 11.7. The Labute approximate surface area is 419 Å². The predicted octanol–water partition coefficient (Wildman–Crippen LogP) is 8.90. The van der Waals surface area contributed by atoms with Crippen molar-refractivity contribution >= 4 is 41.3 Å². The number of nitrogens with one attached hydrogen (secondary N) is 2. The lowest BCUT2D eigenvalue weighted by atomic mass is 9.82. The number of allylic oxidation sites excluding steroid dienone is 7. The fourth-order valence-electron chi connectivity index (χ4n) is 11.3. The van der Waals surface area contributed by atoms with Crippen LogP contribution in [0.2, 0.25) is 0 Å². The second-order valence-electron chi connectivity index (χ2n) is 20.0. The Kier molecular flexibility index (Phi) is 17.3. The van der Waals surface area contributed by atoms with E-state index in [4.69, 9.17) is 4.74 Å². The van der Waals surface area contributed by atoms with E-state index >= 15 is 0 Å². The third-order valence-electron chi connectivity index (χ3n) is 15.7. The van der Waals surface area contributed by atoms with E-state index in [1.165, 1.54) is 15.1 Å². The molecule has 2 N–H and O–H groups in total. The highest BCUT2D eigenvalue weighted by Crippen LogP contribution is 2.36. The number of piperazine rings is 1. The topological polar surface area (TPSA) is 135 Å². The lowest BCUT2D eigenvalue weighted by Gasteiger charge is -2.41. The summed E-state index contributed by atoms with van der Waals surface area (Å²) in [7, 11) is 3.25. The number of benzene rings is 1. The lowest BCUT2D eigenvalue weighted by Crippen LogP contribution is -2.49. The Bertz CT molecular complexity index is 2570. The predicted molar refractivity (Wildman–Crippen MR) is 278 cm³/mol. The Balaban J connectivity index is 0.789. The number of nitrogens with zero attached hydrogens (tertiary/aromatic N) is 8. The maximum absolute atomic E-state index is 14.1. The first-order valence-electron chi connectivity index (χ1n) is 25.7. The highest BCUT2D eigenvalue weighted by Gasteiger charge is 2.31. The van der Waals surface area contributed by atoms with E-state index in [1.54, 1.807) is 14.2 Å². The van der Waals surface area contributed by atoms with Gasteiger partial charge in [-0.15, -0.1) is 3.89 Å². The number of hydrogen-bond acceptors (Lipinski definition) is 11. The Morgan fingerprint density at radius 2 is 1.79 bits per heavy atom. The number of fused-ring (bicyclic) bond motifs is 1. The molecule has 13 nitrogen and oxygen atoms in total. The van der Waals surface area contributed by atoms with Crippen molar-refractivity contribution in [1.82, 2.24) is 44.2 Å². The number of rotatable bonds is 17. The maximum atomic E-state index is 14.1. The van der Waals surface area contributed by atoms with Crippen LogP contribution in [0.3, 0.4) is 0 Å². The van der Waals surface area contributed by atoms with Crippen LogP contribution in [0.25, 0.3) is 28.2 Å². The van der Waals surface area contributed by atoms with E-state index < -0.39 is 0 Å². The summed E-state index contributed by atoms with van der Waals surface area (Å²) in [4.78, 5) is 45.1. The number of ether oxygens (including phenoxy) is 1. The Morgan fingerprint density at radius 1 is 1.01 bits per heavy atom. The van der Waals surface area contributed by atoms with Crippen LogP contribution < -0.4 is 10.6 Å². The SMILES string of the molecule is CCCC(NC1=CC(C#N)=C(N2CCN(CC3CCN(C(=O)C4=CC=C(C5CCN(C(C)/C(C)=C/c6c(-c7ccc8nc(COC)n(SF)c8c7)ccnc6C)CC5)CC4)CC3)CC2)CC1)C(=O)NC. The van der Waals surface area contributed by atoms with Gasteiger partial charge in [-0.2, -0.15) is 5.26 Å². The number of methoxy groups -OCH3 is 1. The molecule has 3 aliphatic heterocycles. The van der Waals surface area contributed by atoms with E-state index in [-0.39, 0.29) is 42.8 Å². The molecular formula is C55H73FN10O3S. The molecule has 2 unspecified atom stereocenters. The van der Waals surface area contributed by atoms with E-state index in [1.807, 2.05) is 37.4 Å². The quantitative estimate of drug-likeness (QED) is 0.134. The van der Waals surface area contributed by atoms with Crippen molar-refractivity contribution < 1.29 is 18.2 Å². The molecule has 0 radical (unpaired) electrons. The van der Waals surface area contributed by atoms with E-state index in [0.717, 1.165) is 168 Å². The molecule has 1 aromatic carbocycles. The molecule has 0 spiro atoms. The summed E-state index contributed by atoms with van der Waals surface area (Å²) in [5.74, 6) is 1.87. The fourth-order valence-corrected chi connectivity index (χ4v) is 11.7. The van der Waals surface area contributed by atoms with Crippen LogP contribution in [-0.2, 0) is 20.9 Å². The van der Waals surface area contributed by atoms with Crippen molar-refractivity contribution in [3.05, 3.63) is 99.5 Å². The van der Waals surface area contributed by atoms with E-state index in [0.29, 0.717) is 28.8 Å². The van der Waals surface area contributed by atoms with Gasteiger partial charge in [0.05, 0.1) is 16.6 Å². The summed E-state index contributed by atoms with van der Waals surface area (Å²) in [5, 5.41) is 16.2. The number of likely N-dealkylation sites (N-methyl/N-ethyl adjacent to an activating group) is 1. The molecule has 0 saturated carbocycles. The van der Waals surface area contributed by atoms with Crippen molar-refractivity contribution in [1.29, 1.82) is 5.26 Å². The summed E-state index contributed by atoms with van der Waals surface area (Å²) in [5.41, 5.74) is 12.0. The average Bonchev–Trinajstić information content (AvgIpc) is 3.75. The molecule has 2 amide bonds. The van der Waals surface area contributed by atoms with E-state index in [9.17, 15) is 18.7 Å². The number of aromatic nitrogens is 3. The van der Waals surface area contributed by atoms with E-state index in [2.05, 4.69) is 91.3 Å². The van der Waals surface area contributed by atoms with Gasteiger partial charge in [0.1, 0.15) is 24.5 Å². The van der Waals surface area contributed by atoms with Crippen molar-refractivity contribution in [2.45, 2.75) is 111 Å². The molecule has 0 bridgehead atoms. The summed E-state index contributed by atoms with van der Waals surface area (Å²) in [6.07, 6.45) is 19.8. The Morgan fingerprint density at radius 3 is 2.46 bits per heavy atom. The van der Waals surface area contributed by atoms with Crippen molar-refractivity contribution in [2.75, 3.05) is 73.1 Å². The maximum Gasteiger partial charge on any atom is 0.249 e. The first-order chi connectivity index (χ1) is 34.0. The lowest BCUT2D eigenvalue weighted by molar-refractivity contribution is -0.128. The zero-order chi connectivity index (χ0) is 49.3. The zero-order valence-electron chi connectivity index (χ0n) is 42.2. The summed E-state index contributed by atoms with van der Waals surface area (Å²) in [6.45, 7) is 17.4. The number of hydrogen-bond donors (Lipinski definition) is 2. The van der Waals surface area contributed by atoms with Crippen LogP contribution in [0.5, 0.6) is 0 Å². The molecule has 5 aliphatic rings. The smallest absolute Gasteiger partial charge is 0.249 e. The molecule has 70 heavy (non-hydrogen) atoms. The molecule has 5 heterocycles. The second kappa shape index (κ2) is 23.8. The number of likely N-dealkylation sites (tertiary alicyclic amines) is 2. The number of halogens is 1. The van der Waals surface area contributed by atoms with Gasteiger partial charge in [-0.1, -0.05) is 48.8 Å². The number of pyridine rings is 1. The molecule has 2 aliphatic carbocycles. The molecule has 3 saturated heterocycles. The highest BCUT2D eigenvalue weighted by atomic mass is 32.2. The number of amides is 2. The summed E-state index contributed by atoms with van der Waals surface area (Å²) < 4.78 is 20.9. The largest absolute Gasteiger partial charge is 0.377 e. The number of carbonyl (C=O) groups excluding carboxylic acids is 2. The minimum Gasteiger partial charge on any atom is -0.377 e. The van der Waals surface area contributed by atoms with Crippen LogP contribution in [0.15, 0.2) is 82.4 Å². The zero-order valence-corrected chi connectivity index (χ0v) is 43.1. The molecule has 3 fully saturated rings. The van der Waals surface area contributed by atoms with Gasteiger partial charge in [0.25, 0.3) is 0 Å². The number of imidazole rings is 1. The van der Waals surface area contributed by atoms with Gasteiger partial charge in [-0.3, -0.25) is 24.4 Å². The van der Waals surface area contributed by atoms with Gasteiger partial charge in [-0.25, -0.2) is 8.96 Å². The van der Waals surface area contributed by atoms with Crippen LogP contribution >= 0.6 is 12.3 Å². The first-order valence-corrected chi connectivity index (χ1v) is 26.3. The molecule has 15 heteroatoms. The fraction of sp³-hybridized carbons (Fsp3) is 0.545. The number of piperidine rings is 2. The minimum absolute atomic E-state index is 0.0159. The molecule has 2 atom stereocenters. The monoisotopic (exact) mass is 973 g/mol. The van der Waals surface area contributed by atoms with Crippen LogP contribution in [0.4, 0.5) is 3.89 Å². The molecule has 374 valence electrons. The summed E-state index contributed by atoms with van der Waals surface area (Å²) in [6, 6.07) is 10.5. The van der Waals surface area contributed by atoms with Gasteiger partial charge in [0.2, 0.25) is 11.8 Å². The number of nitriles is 1. The molecule has 3 aromatic rings.